The molecule has 10 rings (SSSR count). The van der Waals surface area contributed by atoms with Crippen molar-refractivity contribution in [1.29, 1.82) is 5.26 Å². The average Bonchev–Trinajstić information content (AvgIpc) is 3.73. The van der Waals surface area contributed by atoms with E-state index in [1.165, 1.54) is 0 Å². The lowest BCUT2D eigenvalue weighted by molar-refractivity contribution is 1.05. The Kier molecular flexibility index (Phi) is 6.69. The minimum atomic E-state index is 0.580. The van der Waals surface area contributed by atoms with Crippen molar-refractivity contribution in [3.8, 4) is 51.5 Å². The van der Waals surface area contributed by atoms with Crippen molar-refractivity contribution in [2.75, 3.05) is 0 Å². The number of nitriles is 1. The second-order valence-electron chi connectivity index (χ2n) is 12.6. The van der Waals surface area contributed by atoms with Crippen molar-refractivity contribution in [1.82, 2.24) is 34.1 Å². The van der Waals surface area contributed by atoms with Crippen molar-refractivity contribution in [3.05, 3.63) is 164 Å². The molecule has 5 aromatic heterocycles. The van der Waals surface area contributed by atoms with Gasteiger partial charge in [-0.15, -0.1) is 0 Å². The molecule has 0 spiro atoms. The van der Waals surface area contributed by atoms with Crippen molar-refractivity contribution in [2.24, 2.45) is 0 Å². The van der Waals surface area contributed by atoms with E-state index < -0.39 is 0 Å². The molecule has 0 saturated carbocycles. The Hall–Kier alpha value is -7.50. The zero-order chi connectivity index (χ0) is 34.6. The van der Waals surface area contributed by atoms with Gasteiger partial charge in [-0.25, -0.2) is 24.9 Å². The summed E-state index contributed by atoms with van der Waals surface area (Å²) in [5.74, 6) is 2.06. The molecular formula is C44H26N8. The molecule has 0 N–H and O–H groups in total. The molecule has 5 heterocycles. The van der Waals surface area contributed by atoms with E-state index >= 15 is 0 Å². The Morgan fingerprint density at radius 3 is 1.62 bits per heavy atom. The Morgan fingerprint density at radius 1 is 0.442 bits per heavy atom. The number of para-hydroxylation sites is 2. The first-order chi connectivity index (χ1) is 25.7. The second-order valence-corrected chi connectivity index (χ2v) is 12.6. The quantitative estimate of drug-likeness (QED) is 0.181. The number of fused-ring (bicyclic) bond motifs is 6. The van der Waals surface area contributed by atoms with Crippen molar-refractivity contribution in [3.63, 3.8) is 0 Å². The van der Waals surface area contributed by atoms with Crippen LogP contribution in [0.25, 0.3) is 89.0 Å². The van der Waals surface area contributed by atoms with Gasteiger partial charge in [0.05, 0.1) is 45.6 Å². The van der Waals surface area contributed by atoms with Crippen molar-refractivity contribution < 1.29 is 0 Å². The summed E-state index contributed by atoms with van der Waals surface area (Å²) < 4.78 is 4.47. The van der Waals surface area contributed by atoms with E-state index in [0.29, 0.717) is 17.2 Å². The fourth-order valence-corrected chi connectivity index (χ4v) is 7.35. The van der Waals surface area contributed by atoms with E-state index in [9.17, 15) is 5.26 Å². The number of benzene rings is 5. The summed E-state index contributed by atoms with van der Waals surface area (Å²) in [4.78, 5) is 23.3. The maximum absolute atomic E-state index is 9.95. The lowest BCUT2D eigenvalue weighted by atomic mass is 10.0. The minimum absolute atomic E-state index is 0.580. The van der Waals surface area contributed by atoms with E-state index in [1.54, 1.807) is 24.8 Å². The summed E-state index contributed by atoms with van der Waals surface area (Å²) in [5, 5.41) is 14.4. The van der Waals surface area contributed by atoms with Crippen LogP contribution in [0, 0.1) is 11.3 Å². The zero-order valence-corrected chi connectivity index (χ0v) is 27.6. The monoisotopic (exact) mass is 666 g/mol. The molecule has 0 aliphatic rings. The van der Waals surface area contributed by atoms with Crippen LogP contribution in [0.4, 0.5) is 0 Å². The SMILES string of the molecule is N#Cc1cccc(-c2cc(-n3c4ccccc4c4ccc(-c5ncccn5)cc43)ncc2-n2c3ccccc3c3ccc(-c4ncccn4)cc32)c1. The summed E-state index contributed by atoms with van der Waals surface area (Å²) in [5.41, 5.74) is 9.20. The van der Waals surface area contributed by atoms with Gasteiger partial charge in [0.2, 0.25) is 0 Å². The molecule has 0 atom stereocenters. The highest BCUT2D eigenvalue weighted by atomic mass is 15.1. The number of aromatic nitrogens is 7. The molecule has 8 heteroatoms. The van der Waals surface area contributed by atoms with Gasteiger partial charge >= 0.3 is 0 Å². The first-order valence-electron chi connectivity index (χ1n) is 16.9. The molecule has 0 aliphatic carbocycles. The molecule has 0 aliphatic heterocycles. The molecule has 10 aromatic rings. The van der Waals surface area contributed by atoms with E-state index in [1.807, 2.05) is 36.5 Å². The number of nitrogens with zero attached hydrogens (tertiary/aromatic N) is 8. The summed E-state index contributed by atoms with van der Waals surface area (Å²) in [6.45, 7) is 0. The Labute approximate surface area is 297 Å². The number of pyridine rings is 1. The third kappa shape index (κ3) is 4.65. The lowest BCUT2D eigenvalue weighted by Crippen LogP contribution is -2.03. The van der Waals surface area contributed by atoms with Crippen LogP contribution in [0.15, 0.2) is 158 Å². The number of rotatable bonds is 5. The first-order valence-corrected chi connectivity index (χ1v) is 16.9. The van der Waals surface area contributed by atoms with Crippen LogP contribution in [0.1, 0.15) is 5.56 Å². The molecular weight excluding hydrogens is 641 g/mol. The van der Waals surface area contributed by atoms with Crippen LogP contribution in [0.3, 0.4) is 0 Å². The van der Waals surface area contributed by atoms with E-state index in [-0.39, 0.29) is 0 Å². The van der Waals surface area contributed by atoms with Gasteiger partial charge < -0.3 is 4.57 Å². The van der Waals surface area contributed by atoms with Crippen LogP contribution in [0.5, 0.6) is 0 Å². The van der Waals surface area contributed by atoms with E-state index in [0.717, 1.165) is 77.4 Å². The number of hydrogen-bond donors (Lipinski definition) is 0. The van der Waals surface area contributed by atoms with Gasteiger partial charge in [0.25, 0.3) is 0 Å². The lowest BCUT2D eigenvalue weighted by Gasteiger charge is -2.17. The van der Waals surface area contributed by atoms with Gasteiger partial charge in [0, 0.05) is 63.0 Å². The molecule has 0 bridgehead atoms. The highest BCUT2D eigenvalue weighted by molar-refractivity contribution is 6.11. The molecule has 5 aromatic carbocycles. The fraction of sp³-hybridized carbons (Fsp3) is 0. The molecule has 0 amide bonds. The molecule has 8 nitrogen and oxygen atoms in total. The van der Waals surface area contributed by atoms with Gasteiger partial charge in [0.15, 0.2) is 11.6 Å². The molecule has 52 heavy (non-hydrogen) atoms. The molecule has 0 unspecified atom stereocenters. The molecule has 0 radical (unpaired) electrons. The van der Waals surface area contributed by atoms with Crippen LogP contribution >= 0.6 is 0 Å². The van der Waals surface area contributed by atoms with Crippen molar-refractivity contribution in [2.45, 2.75) is 0 Å². The first kappa shape index (κ1) is 29.4. The second kappa shape index (κ2) is 11.8. The minimum Gasteiger partial charge on any atom is -0.307 e. The number of hydrogen-bond acceptors (Lipinski definition) is 6. The molecule has 0 saturated heterocycles. The summed E-state index contributed by atoms with van der Waals surface area (Å²) >= 11 is 0. The predicted molar refractivity (Wildman–Crippen MR) is 205 cm³/mol. The van der Waals surface area contributed by atoms with Gasteiger partial charge in [-0.3, -0.25) is 4.57 Å². The van der Waals surface area contributed by atoms with Crippen LogP contribution in [-0.4, -0.2) is 34.1 Å². The molecule has 242 valence electrons. The maximum atomic E-state index is 9.95. The average molecular weight is 667 g/mol. The van der Waals surface area contributed by atoms with E-state index in [2.05, 4.69) is 132 Å². The fourth-order valence-electron chi connectivity index (χ4n) is 7.35. The van der Waals surface area contributed by atoms with Crippen LogP contribution < -0.4 is 0 Å². The Bertz CT molecular complexity index is 3030. The summed E-state index contributed by atoms with van der Waals surface area (Å²) in [6.07, 6.45) is 8.99. The molecule has 0 fully saturated rings. The van der Waals surface area contributed by atoms with Gasteiger partial charge in [-0.2, -0.15) is 5.26 Å². The van der Waals surface area contributed by atoms with E-state index in [4.69, 9.17) is 4.98 Å². The summed E-state index contributed by atoms with van der Waals surface area (Å²) in [7, 11) is 0. The third-order valence-electron chi connectivity index (χ3n) is 9.64. The highest BCUT2D eigenvalue weighted by Gasteiger charge is 2.21. The Balaban J connectivity index is 1.28. The third-order valence-corrected chi connectivity index (χ3v) is 9.64. The standard InChI is InChI=1S/C44H26N8/c45-26-28-8-5-9-29(22-28)36-25-42(52-38-13-4-2-11-33(38)35-17-15-31(24-40(35)52)44-48-20-7-21-49-44)50-27-41(36)51-37-12-3-1-10-32(37)34-16-14-30(23-39(34)51)43-46-18-6-19-47-43/h1-25,27H. The van der Waals surface area contributed by atoms with Crippen LogP contribution in [0.2, 0.25) is 0 Å². The highest BCUT2D eigenvalue weighted by Crippen LogP contribution is 2.40. The smallest absolute Gasteiger partial charge is 0.159 e. The van der Waals surface area contributed by atoms with Crippen molar-refractivity contribution >= 4 is 43.6 Å². The largest absolute Gasteiger partial charge is 0.307 e. The Morgan fingerprint density at radius 2 is 1.00 bits per heavy atom. The normalized spacial score (nSPS) is 11.4. The zero-order valence-electron chi connectivity index (χ0n) is 27.6. The predicted octanol–water partition coefficient (Wildman–Crippen LogP) is 9.73. The van der Waals surface area contributed by atoms with Crippen LogP contribution in [-0.2, 0) is 0 Å². The van der Waals surface area contributed by atoms with Gasteiger partial charge in [0.1, 0.15) is 5.82 Å². The maximum Gasteiger partial charge on any atom is 0.159 e. The summed E-state index contributed by atoms with van der Waals surface area (Å²) in [6, 6.07) is 45.4. The topological polar surface area (TPSA) is 98.1 Å². The van der Waals surface area contributed by atoms with Gasteiger partial charge in [-0.1, -0.05) is 72.8 Å². The van der Waals surface area contributed by atoms with Gasteiger partial charge in [-0.05, 0) is 60.2 Å².